The van der Waals surface area contributed by atoms with E-state index in [1.165, 1.54) is 76.2 Å². The van der Waals surface area contributed by atoms with Gasteiger partial charge in [-0.05, 0) is 24.3 Å². The molecule has 0 amide bonds. The van der Waals surface area contributed by atoms with Crippen molar-refractivity contribution in [2.75, 3.05) is 0 Å². The average molecular weight is 274 g/mol. The van der Waals surface area contributed by atoms with Crippen molar-refractivity contribution in [2.45, 2.75) is 84.5 Å². The lowest BCUT2D eigenvalue weighted by Crippen LogP contribution is -2.02. The zero-order chi connectivity index (χ0) is 14.5. The molecule has 1 aromatic rings. The van der Waals surface area contributed by atoms with Crippen molar-refractivity contribution >= 4 is 0 Å². The first-order chi connectivity index (χ1) is 9.86. The maximum Gasteiger partial charge on any atom is -0.0276 e. The highest BCUT2D eigenvalue weighted by atomic mass is 14.1. The van der Waals surface area contributed by atoms with Gasteiger partial charge in [0.25, 0.3) is 0 Å². The van der Waals surface area contributed by atoms with Crippen LogP contribution in [0, 0.1) is 5.92 Å². The predicted octanol–water partition coefficient (Wildman–Crippen LogP) is 6.79. The summed E-state index contributed by atoms with van der Waals surface area (Å²) in [6, 6.07) is 11.0. The number of benzene rings is 1. The minimum absolute atomic E-state index is 0.950. The number of hydrogen-bond donors (Lipinski definition) is 0. The van der Waals surface area contributed by atoms with E-state index < -0.39 is 0 Å². The summed E-state index contributed by atoms with van der Waals surface area (Å²) in [5.74, 6) is 0.950. The van der Waals surface area contributed by atoms with E-state index in [0.717, 1.165) is 5.92 Å². The van der Waals surface area contributed by atoms with Crippen molar-refractivity contribution in [1.29, 1.82) is 0 Å². The highest BCUT2D eigenvalue weighted by Crippen LogP contribution is 2.22. The lowest BCUT2D eigenvalue weighted by atomic mass is 9.90. The van der Waals surface area contributed by atoms with Gasteiger partial charge in [-0.3, -0.25) is 0 Å². The van der Waals surface area contributed by atoms with E-state index in [4.69, 9.17) is 0 Å². The van der Waals surface area contributed by atoms with E-state index >= 15 is 0 Å². The van der Waals surface area contributed by atoms with Crippen molar-refractivity contribution in [2.24, 2.45) is 5.92 Å². The van der Waals surface area contributed by atoms with Crippen molar-refractivity contribution in [3.63, 3.8) is 0 Å². The lowest BCUT2D eigenvalue weighted by molar-refractivity contribution is 0.394. The van der Waals surface area contributed by atoms with Crippen molar-refractivity contribution in [3.8, 4) is 0 Å². The summed E-state index contributed by atoms with van der Waals surface area (Å²) < 4.78 is 0. The van der Waals surface area contributed by atoms with Crippen LogP contribution >= 0.6 is 0 Å². The van der Waals surface area contributed by atoms with Crippen LogP contribution in [-0.4, -0.2) is 0 Å². The summed E-state index contributed by atoms with van der Waals surface area (Å²) in [4.78, 5) is 0. The molecule has 0 aliphatic rings. The second kappa shape index (κ2) is 12.0. The molecule has 20 heavy (non-hydrogen) atoms. The molecular formula is C20H34. The highest BCUT2D eigenvalue weighted by Gasteiger charge is 2.07. The van der Waals surface area contributed by atoms with Gasteiger partial charge in [0.2, 0.25) is 0 Å². The first-order valence-electron chi connectivity index (χ1n) is 8.90. The number of rotatable bonds is 12. The average Bonchev–Trinajstić information content (AvgIpc) is 2.49. The Morgan fingerprint density at radius 2 is 1.40 bits per heavy atom. The zero-order valence-electron chi connectivity index (χ0n) is 13.7. The van der Waals surface area contributed by atoms with Gasteiger partial charge in [-0.2, -0.15) is 0 Å². The highest BCUT2D eigenvalue weighted by molar-refractivity contribution is 5.14. The molecule has 114 valence electrons. The molecule has 0 aliphatic carbocycles. The standard InChI is InChI=1S/C20H34/c1-3-5-6-7-8-10-14-19(13-4-2)17-18-20-15-11-9-12-16-20/h9,11-12,15-16,19H,3-8,10,13-14,17-18H2,1-2H3. The van der Waals surface area contributed by atoms with Crippen LogP contribution in [0.15, 0.2) is 30.3 Å². The van der Waals surface area contributed by atoms with Gasteiger partial charge in [0.15, 0.2) is 0 Å². The molecule has 1 atom stereocenters. The molecule has 0 bridgehead atoms. The molecular weight excluding hydrogens is 240 g/mol. The molecule has 0 aromatic heterocycles. The van der Waals surface area contributed by atoms with Gasteiger partial charge < -0.3 is 0 Å². The summed E-state index contributed by atoms with van der Waals surface area (Å²) in [6.07, 6.45) is 15.4. The Kier molecular flexibility index (Phi) is 10.4. The molecule has 0 heterocycles. The topological polar surface area (TPSA) is 0 Å². The molecule has 1 aromatic carbocycles. The summed E-state index contributed by atoms with van der Waals surface area (Å²) in [6.45, 7) is 4.62. The van der Waals surface area contributed by atoms with Crippen LogP contribution in [0.1, 0.15) is 83.6 Å². The lowest BCUT2D eigenvalue weighted by Gasteiger charge is -2.16. The summed E-state index contributed by atoms with van der Waals surface area (Å²) in [7, 11) is 0. The van der Waals surface area contributed by atoms with Gasteiger partial charge in [-0.1, -0.05) is 102 Å². The second-order valence-corrected chi connectivity index (χ2v) is 6.24. The molecule has 0 N–H and O–H groups in total. The molecule has 0 aliphatic heterocycles. The van der Waals surface area contributed by atoms with Crippen LogP contribution in [0.25, 0.3) is 0 Å². The van der Waals surface area contributed by atoms with E-state index in [0.29, 0.717) is 0 Å². The molecule has 0 fully saturated rings. The van der Waals surface area contributed by atoms with Crippen molar-refractivity contribution in [1.82, 2.24) is 0 Å². The van der Waals surface area contributed by atoms with Crippen LogP contribution in [0.2, 0.25) is 0 Å². The normalized spacial score (nSPS) is 12.5. The molecule has 1 unspecified atom stereocenters. The Balaban J connectivity index is 2.16. The number of aryl methyl sites for hydroxylation is 1. The molecule has 0 saturated carbocycles. The quantitative estimate of drug-likeness (QED) is 0.368. The van der Waals surface area contributed by atoms with Crippen molar-refractivity contribution < 1.29 is 0 Å². The summed E-state index contributed by atoms with van der Waals surface area (Å²) >= 11 is 0. The minimum atomic E-state index is 0.950. The van der Waals surface area contributed by atoms with E-state index in [9.17, 15) is 0 Å². The Labute approximate surface area is 127 Å². The third kappa shape index (κ3) is 8.40. The maximum atomic E-state index is 2.33. The van der Waals surface area contributed by atoms with Gasteiger partial charge >= 0.3 is 0 Å². The largest absolute Gasteiger partial charge is 0.0654 e. The van der Waals surface area contributed by atoms with Crippen LogP contribution < -0.4 is 0 Å². The van der Waals surface area contributed by atoms with Gasteiger partial charge in [0.05, 0.1) is 0 Å². The molecule has 0 nitrogen and oxygen atoms in total. The monoisotopic (exact) mass is 274 g/mol. The third-order valence-electron chi connectivity index (χ3n) is 4.35. The van der Waals surface area contributed by atoms with Crippen LogP contribution in [0.4, 0.5) is 0 Å². The first-order valence-corrected chi connectivity index (χ1v) is 8.90. The van der Waals surface area contributed by atoms with Gasteiger partial charge in [0.1, 0.15) is 0 Å². The fourth-order valence-corrected chi connectivity index (χ4v) is 3.07. The maximum absolute atomic E-state index is 2.33. The second-order valence-electron chi connectivity index (χ2n) is 6.24. The van der Waals surface area contributed by atoms with Crippen LogP contribution in [-0.2, 0) is 6.42 Å². The smallest absolute Gasteiger partial charge is 0.0276 e. The number of unbranched alkanes of at least 4 members (excludes halogenated alkanes) is 5. The van der Waals surface area contributed by atoms with Crippen molar-refractivity contribution in [3.05, 3.63) is 35.9 Å². The predicted molar refractivity (Wildman–Crippen MR) is 91.2 cm³/mol. The Morgan fingerprint density at radius 1 is 0.700 bits per heavy atom. The van der Waals surface area contributed by atoms with Gasteiger partial charge in [-0.15, -0.1) is 0 Å². The van der Waals surface area contributed by atoms with E-state index in [-0.39, 0.29) is 0 Å². The summed E-state index contributed by atoms with van der Waals surface area (Å²) in [5.41, 5.74) is 1.51. The molecule has 0 heteroatoms. The van der Waals surface area contributed by atoms with Gasteiger partial charge in [-0.25, -0.2) is 0 Å². The molecule has 0 saturated heterocycles. The van der Waals surface area contributed by atoms with Crippen LogP contribution in [0.5, 0.6) is 0 Å². The van der Waals surface area contributed by atoms with Gasteiger partial charge in [0, 0.05) is 0 Å². The van der Waals surface area contributed by atoms with E-state index in [1.54, 1.807) is 0 Å². The first kappa shape index (κ1) is 17.3. The van der Waals surface area contributed by atoms with E-state index in [2.05, 4.69) is 44.2 Å². The molecule has 1 rings (SSSR count). The van der Waals surface area contributed by atoms with Crippen LogP contribution in [0.3, 0.4) is 0 Å². The fourth-order valence-electron chi connectivity index (χ4n) is 3.07. The van der Waals surface area contributed by atoms with E-state index in [1.807, 2.05) is 0 Å². The number of hydrogen-bond acceptors (Lipinski definition) is 0. The zero-order valence-corrected chi connectivity index (χ0v) is 13.7. The molecule has 0 radical (unpaired) electrons. The SMILES string of the molecule is CCCCCCCCC(CCC)CCc1ccccc1. The Bertz CT molecular complexity index is 301. The fraction of sp³-hybridized carbons (Fsp3) is 0.700. The Hall–Kier alpha value is -0.780. The Morgan fingerprint density at radius 3 is 2.10 bits per heavy atom. The summed E-state index contributed by atoms with van der Waals surface area (Å²) in [5, 5.41) is 0. The minimum Gasteiger partial charge on any atom is -0.0654 e. The third-order valence-corrected chi connectivity index (χ3v) is 4.35. The molecule has 0 spiro atoms.